The standard InChI is InChI=1S/C22H36N4O3.HI/c1-23-22(25-17-12-14-26(15-17)18-7-5-6-8-18)24-13-11-16-9-10-19(27-2)21(29-4)20(16)28-3;/h9-10,17-18H,5-8,11-15H2,1-4H3,(H2,23,24,25);1H. The third-order valence-electron chi connectivity index (χ3n) is 6.10. The number of halogens is 1. The van der Waals surface area contributed by atoms with Crippen LogP contribution in [0.4, 0.5) is 0 Å². The van der Waals surface area contributed by atoms with Gasteiger partial charge in [0.2, 0.25) is 5.75 Å². The van der Waals surface area contributed by atoms with Crippen molar-refractivity contribution in [3.63, 3.8) is 0 Å². The summed E-state index contributed by atoms with van der Waals surface area (Å²) in [6, 6.07) is 5.21. The van der Waals surface area contributed by atoms with Gasteiger partial charge in [-0.3, -0.25) is 9.89 Å². The zero-order valence-electron chi connectivity index (χ0n) is 18.7. The van der Waals surface area contributed by atoms with E-state index in [1.165, 1.54) is 38.6 Å². The first-order chi connectivity index (χ1) is 14.2. The summed E-state index contributed by atoms with van der Waals surface area (Å²) in [5, 5.41) is 7.04. The van der Waals surface area contributed by atoms with Gasteiger partial charge in [-0.2, -0.15) is 0 Å². The van der Waals surface area contributed by atoms with Crippen molar-refractivity contribution in [1.82, 2.24) is 15.5 Å². The van der Waals surface area contributed by atoms with Crippen molar-refractivity contribution in [2.24, 2.45) is 4.99 Å². The highest BCUT2D eigenvalue weighted by Crippen LogP contribution is 2.39. The van der Waals surface area contributed by atoms with E-state index < -0.39 is 0 Å². The molecule has 1 aromatic rings. The maximum atomic E-state index is 5.58. The van der Waals surface area contributed by atoms with E-state index in [0.29, 0.717) is 17.5 Å². The molecule has 2 fully saturated rings. The van der Waals surface area contributed by atoms with Gasteiger partial charge in [-0.25, -0.2) is 0 Å². The van der Waals surface area contributed by atoms with Gasteiger partial charge in [0.15, 0.2) is 17.5 Å². The Morgan fingerprint density at radius 2 is 1.80 bits per heavy atom. The lowest BCUT2D eigenvalue weighted by molar-refractivity contribution is 0.242. The molecule has 170 valence electrons. The van der Waals surface area contributed by atoms with E-state index in [1.54, 1.807) is 21.3 Å². The maximum Gasteiger partial charge on any atom is 0.203 e. The number of nitrogens with one attached hydrogen (secondary N) is 2. The molecule has 2 N–H and O–H groups in total. The van der Waals surface area contributed by atoms with Crippen LogP contribution in [-0.2, 0) is 6.42 Å². The number of hydrogen-bond acceptors (Lipinski definition) is 5. The lowest BCUT2D eigenvalue weighted by Gasteiger charge is -2.24. The minimum absolute atomic E-state index is 0. The van der Waals surface area contributed by atoms with Crippen LogP contribution in [-0.4, -0.2) is 71.0 Å². The molecule has 1 heterocycles. The lowest BCUT2D eigenvalue weighted by atomic mass is 10.1. The molecule has 0 spiro atoms. The topological polar surface area (TPSA) is 67.4 Å². The van der Waals surface area contributed by atoms with Gasteiger partial charge >= 0.3 is 0 Å². The summed E-state index contributed by atoms with van der Waals surface area (Å²) in [5.41, 5.74) is 1.07. The summed E-state index contributed by atoms with van der Waals surface area (Å²) < 4.78 is 16.4. The van der Waals surface area contributed by atoms with E-state index in [2.05, 4.69) is 20.5 Å². The molecule has 2 aliphatic rings. The Balaban J connectivity index is 0.00000320. The highest BCUT2D eigenvalue weighted by atomic mass is 127. The molecule has 0 amide bonds. The highest BCUT2D eigenvalue weighted by molar-refractivity contribution is 14.0. The molecule has 8 heteroatoms. The van der Waals surface area contributed by atoms with Gasteiger partial charge in [-0.05, 0) is 31.7 Å². The summed E-state index contributed by atoms with van der Waals surface area (Å²) in [6.45, 7) is 3.07. The summed E-state index contributed by atoms with van der Waals surface area (Å²) in [6.07, 6.45) is 7.49. The number of rotatable bonds is 8. The van der Waals surface area contributed by atoms with Gasteiger partial charge in [0.25, 0.3) is 0 Å². The van der Waals surface area contributed by atoms with Crippen molar-refractivity contribution in [2.45, 2.75) is 50.6 Å². The monoisotopic (exact) mass is 532 g/mol. The van der Waals surface area contributed by atoms with E-state index in [0.717, 1.165) is 42.8 Å². The van der Waals surface area contributed by atoms with Crippen LogP contribution in [0.3, 0.4) is 0 Å². The SMILES string of the molecule is CN=C(NCCc1ccc(OC)c(OC)c1OC)NC1CCN(C2CCCC2)C1.I. The Labute approximate surface area is 197 Å². The van der Waals surface area contributed by atoms with Crippen molar-refractivity contribution in [3.05, 3.63) is 17.7 Å². The molecule has 7 nitrogen and oxygen atoms in total. The number of methoxy groups -OCH3 is 3. The third kappa shape index (κ3) is 6.06. The highest BCUT2D eigenvalue weighted by Gasteiger charge is 2.30. The van der Waals surface area contributed by atoms with Crippen LogP contribution in [0.1, 0.15) is 37.7 Å². The van der Waals surface area contributed by atoms with Gasteiger partial charge in [-0.1, -0.05) is 18.9 Å². The molecular formula is C22H37IN4O3. The van der Waals surface area contributed by atoms with E-state index in [-0.39, 0.29) is 24.0 Å². The van der Waals surface area contributed by atoms with Crippen LogP contribution in [0.2, 0.25) is 0 Å². The summed E-state index contributed by atoms with van der Waals surface area (Å²) in [4.78, 5) is 7.07. The molecule has 1 unspecified atom stereocenters. The van der Waals surface area contributed by atoms with Gasteiger partial charge in [-0.15, -0.1) is 24.0 Å². The smallest absolute Gasteiger partial charge is 0.203 e. The second kappa shape index (κ2) is 12.4. The Morgan fingerprint density at radius 1 is 1.07 bits per heavy atom. The van der Waals surface area contributed by atoms with Gasteiger partial charge in [0.1, 0.15) is 0 Å². The Hall–Kier alpha value is -1.42. The van der Waals surface area contributed by atoms with Crippen LogP contribution in [0.5, 0.6) is 17.2 Å². The molecule has 1 saturated heterocycles. The molecule has 1 saturated carbocycles. The Bertz CT molecular complexity index is 695. The Kier molecular flexibility index (Phi) is 10.3. The van der Waals surface area contributed by atoms with Crippen molar-refractivity contribution in [1.29, 1.82) is 0 Å². The first-order valence-electron chi connectivity index (χ1n) is 10.7. The fraction of sp³-hybridized carbons (Fsp3) is 0.682. The first-order valence-corrected chi connectivity index (χ1v) is 10.7. The largest absolute Gasteiger partial charge is 0.493 e. The van der Waals surface area contributed by atoms with Crippen LogP contribution in [0.25, 0.3) is 0 Å². The molecule has 1 aliphatic carbocycles. The molecule has 3 rings (SSSR count). The van der Waals surface area contributed by atoms with Crippen LogP contribution < -0.4 is 24.8 Å². The average Bonchev–Trinajstić information content (AvgIpc) is 3.44. The molecule has 0 bridgehead atoms. The van der Waals surface area contributed by atoms with Crippen LogP contribution >= 0.6 is 24.0 Å². The minimum atomic E-state index is 0. The van der Waals surface area contributed by atoms with E-state index >= 15 is 0 Å². The van der Waals surface area contributed by atoms with Crippen molar-refractivity contribution in [3.8, 4) is 17.2 Å². The predicted molar refractivity (Wildman–Crippen MR) is 132 cm³/mol. The van der Waals surface area contributed by atoms with Crippen molar-refractivity contribution >= 4 is 29.9 Å². The predicted octanol–water partition coefficient (Wildman–Crippen LogP) is 3.05. The number of likely N-dealkylation sites (tertiary alicyclic amines) is 1. The Morgan fingerprint density at radius 3 is 2.43 bits per heavy atom. The molecular weight excluding hydrogens is 495 g/mol. The molecule has 1 aliphatic heterocycles. The number of guanidine groups is 1. The van der Waals surface area contributed by atoms with Gasteiger partial charge in [0.05, 0.1) is 21.3 Å². The fourth-order valence-corrected chi connectivity index (χ4v) is 4.57. The third-order valence-corrected chi connectivity index (χ3v) is 6.10. The van der Waals surface area contributed by atoms with E-state index in [9.17, 15) is 0 Å². The van der Waals surface area contributed by atoms with Gasteiger partial charge in [0, 0.05) is 44.3 Å². The maximum absolute atomic E-state index is 5.58. The number of ether oxygens (including phenoxy) is 3. The summed E-state index contributed by atoms with van der Waals surface area (Å²) in [5.74, 6) is 2.89. The van der Waals surface area contributed by atoms with E-state index in [1.807, 2.05) is 19.2 Å². The van der Waals surface area contributed by atoms with Gasteiger partial charge < -0.3 is 24.8 Å². The molecule has 0 radical (unpaired) electrons. The van der Waals surface area contributed by atoms with E-state index in [4.69, 9.17) is 14.2 Å². The minimum Gasteiger partial charge on any atom is -0.493 e. The van der Waals surface area contributed by atoms with Crippen LogP contribution in [0, 0.1) is 0 Å². The fourth-order valence-electron chi connectivity index (χ4n) is 4.57. The van der Waals surface area contributed by atoms with Crippen LogP contribution in [0.15, 0.2) is 17.1 Å². The summed E-state index contributed by atoms with van der Waals surface area (Å²) in [7, 11) is 6.75. The average molecular weight is 532 g/mol. The normalized spacial score (nSPS) is 20.0. The number of benzene rings is 1. The molecule has 0 aromatic heterocycles. The number of nitrogens with zero attached hydrogens (tertiary/aromatic N) is 2. The number of aliphatic imine (C=N–C) groups is 1. The van der Waals surface area contributed by atoms with Crippen molar-refractivity contribution in [2.75, 3.05) is 48.0 Å². The zero-order chi connectivity index (χ0) is 20.6. The quantitative estimate of drug-likeness (QED) is 0.305. The van der Waals surface area contributed by atoms with Crippen molar-refractivity contribution < 1.29 is 14.2 Å². The zero-order valence-corrected chi connectivity index (χ0v) is 21.0. The second-order valence-corrected chi connectivity index (χ2v) is 7.81. The molecule has 1 atom stereocenters. The second-order valence-electron chi connectivity index (χ2n) is 7.81. The lowest BCUT2D eigenvalue weighted by Crippen LogP contribution is -2.45. The summed E-state index contributed by atoms with van der Waals surface area (Å²) >= 11 is 0. The molecule has 1 aromatic carbocycles. The number of hydrogen-bond donors (Lipinski definition) is 2. The molecule has 30 heavy (non-hydrogen) atoms. The first kappa shape index (κ1) is 24.8.